The lowest BCUT2D eigenvalue weighted by atomic mass is 10.1. The van der Waals surface area contributed by atoms with Crippen LogP contribution in [0.2, 0.25) is 0 Å². The molecular formula is C21H23FN4O2. The molecule has 0 saturated heterocycles. The standard InChI is InChI=1S/C11H12FNO2.C10H11N3/c12-9-3-1-8(2-4-9)11(5-6-11)15-7-10(13)14;1-3-8(2)13-10-5-4-9(6-11)7-12-10/h1-4H,5-7H2,(H2,13,14);4-5,7H,2-3H2,1H3,(H,12,13). The highest BCUT2D eigenvalue weighted by Gasteiger charge is 2.45. The van der Waals surface area contributed by atoms with Crippen LogP contribution in [0.3, 0.4) is 0 Å². The van der Waals surface area contributed by atoms with Crippen molar-refractivity contribution in [3.05, 3.63) is 71.8 Å². The highest BCUT2D eigenvalue weighted by Crippen LogP contribution is 2.49. The summed E-state index contributed by atoms with van der Waals surface area (Å²) >= 11 is 0. The number of halogens is 1. The Balaban J connectivity index is 0.000000203. The first kappa shape index (κ1) is 21.1. The average molecular weight is 382 g/mol. The Labute approximate surface area is 163 Å². The van der Waals surface area contributed by atoms with Crippen molar-refractivity contribution >= 4 is 11.7 Å². The van der Waals surface area contributed by atoms with Crippen molar-refractivity contribution in [2.24, 2.45) is 5.73 Å². The van der Waals surface area contributed by atoms with Gasteiger partial charge in [-0.1, -0.05) is 25.6 Å². The van der Waals surface area contributed by atoms with Gasteiger partial charge in [0, 0.05) is 11.9 Å². The largest absolute Gasteiger partial charge is 0.368 e. The Bertz CT molecular complexity index is 853. The lowest BCUT2D eigenvalue weighted by Gasteiger charge is -2.15. The second-order valence-corrected chi connectivity index (χ2v) is 6.38. The van der Waals surface area contributed by atoms with Crippen molar-refractivity contribution in [3.8, 4) is 6.07 Å². The Morgan fingerprint density at radius 2 is 2.04 bits per heavy atom. The van der Waals surface area contributed by atoms with Gasteiger partial charge < -0.3 is 15.8 Å². The number of anilines is 1. The van der Waals surface area contributed by atoms with Crippen LogP contribution in [0, 0.1) is 17.1 Å². The Kier molecular flexibility index (Phi) is 7.24. The second kappa shape index (κ2) is 9.62. The van der Waals surface area contributed by atoms with Crippen molar-refractivity contribution in [3.63, 3.8) is 0 Å². The highest BCUT2D eigenvalue weighted by atomic mass is 19.1. The number of nitrogens with one attached hydrogen (secondary N) is 1. The zero-order chi connectivity index (χ0) is 20.6. The van der Waals surface area contributed by atoms with Crippen LogP contribution >= 0.6 is 0 Å². The highest BCUT2D eigenvalue weighted by molar-refractivity contribution is 5.75. The van der Waals surface area contributed by atoms with E-state index < -0.39 is 11.5 Å². The summed E-state index contributed by atoms with van der Waals surface area (Å²) in [6, 6.07) is 11.6. The summed E-state index contributed by atoms with van der Waals surface area (Å²) in [6.45, 7) is 5.72. The number of carbonyl (C=O) groups excluding carboxylic acids is 1. The summed E-state index contributed by atoms with van der Waals surface area (Å²) in [5, 5.41) is 11.6. The van der Waals surface area contributed by atoms with Crippen LogP contribution in [-0.4, -0.2) is 17.5 Å². The molecule has 7 heteroatoms. The topological polar surface area (TPSA) is 101 Å². The van der Waals surface area contributed by atoms with Gasteiger partial charge in [-0.25, -0.2) is 9.37 Å². The van der Waals surface area contributed by atoms with E-state index in [9.17, 15) is 9.18 Å². The van der Waals surface area contributed by atoms with Crippen LogP contribution in [0.1, 0.15) is 37.3 Å². The van der Waals surface area contributed by atoms with E-state index >= 15 is 0 Å². The molecule has 1 aliphatic carbocycles. The third-order valence-corrected chi connectivity index (χ3v) is 4.19. The Hall–Kier alpha value is -3.24. The Morgan fingerprint density at radius 3 is 2.50 bits per heavy atom. The predicted molar refractivity (Wildman–Crippen MR) is 104 cm³/mol. The minimum Gasteiger partial charge on any atom is -0.368 e. The number of benzene rings is 1. The number of carbonyl (C=O) groups is 1. The summed E-state index contributed by atoms with van der Waals surface area (Å²) in [5.74, 6) is -0.0290. The lowest BCUT2D eigenvalue weighted by molar-refractivity contribution is -0.125. The van der Waals surface area contributed by atoms with E-state index in [2.05, 4.69) is 16.9 Å². The van der Waals surface area contributed by atoms with Crippen molar-refractivity contribution < 1.29 is 13.9 Å². The third kappa shape index (κ3) is 6.18. The molecular weight excluding hydrogens is 359 g/mol. The van der Waals surface area contributed by atoms with Gasteiger partial charge in [-0.05, 0) is 49.1 Å². The van der Waals surface area contributed by atoms with Gasteiger partial charge in [0.25, 0.3) is 0 Å². The molecule has 0 radical (unpaired) electrons. The van der Waals surface area contributed by atoms with Crippen LogP contribution in [-0.2, 0) is 15.1 Å². The number of primary amides is 1. The van der Waals surface area contributed by atoms with Crippen molar-refractivity contribution in [2.45, 2.75) is 31.8 Å². The molecule has 28 heavy (non-hydrogen) atoms. The molecule has 1 saturated carbocycles. The van der Waals surface area contributed by atoms with E-state index in [1.807, 2.05) is 13.0 Å². The van der Waals surface area contributed by atoms with Gasteiger partial charge >= 0.3 is 0 Å². The molecule has 0 bridgehead atoms. The maximum Gasteiger partial charge on any atom is 0.243 e. The zero-order valence-corrected chi connectivity index (χ0v) is 15.7. The predicted octanol–water partition coefficient (Wildman–Crippen LogP) is 3.61. The van der Waals surface area contributed by atoms with Crippen LogP contribution in [0.4, 0.5) is 10.2 Å². The number of ether oxygens (including phenoxy) is 1. The smallest absolute Gasteiger partial charge is 0.243 e. The fourth-order valence-corrected chi connectivity index (χ4v) is 2.40. The van der Waals surface area contributed by atoms with Crippen LogP contribution in [0.5, 0.6) is 0 Å². The molecule has 1 aromatic heterocycles. The molecule has 6 nitrogen and oxygen atoms in total. The van der Waals surface area contributed by atoms with E-state index in [0.717, 1.165) is 36.3 Å². The first-order chi connectivity index (χ1) is 13.4. The number of allylic oxidation sites excluding steroid dienone is 1. The zero-order valence-electron chi connectivity index (χ0n) is 15.7. The molecule has 1 aromatic carbocycles. The van der Waals surface area contributed by atoms with Crippen LogP contribution in [0.15, 0.2) is 54.9 Å². The molecule has 0 aliphatic heterocycles. The summed E-state index contributed by atoms with van der Waals surface area (Å²) in [6.07, 6.45) is 4.10. The third-order valence-electron chi connectivity index (χ3n) is 4.19. The van der Waals surface area contributed by atoms with Gasteiger partial charge in [-0.3, -0.25) is 4.79 Å². The molecule has 0 spiro atoms. The summed E-state index contributed by atoms with van der Waals surface area (Å²) in [4.78, 5) is 14.6. The first-order valence-electron chi connectivity index (χ1n) is 8.88. The van der Waals surface area contributed by atoms with Gasteiger partial charge in [-0.2, -0.15) is 5.26 Å². The molecule has 2 aromatic rings. The van der Waals surface area contributed by atoms with Gasteiger partial charge in [0.05, 0.1) is 11.2 Å². The molecule has 0 unspecified atom stereocenters. The van der Waals surface area contributed by atoms with Gasteiger partial charge in [0.15, 0.2) is 0 Å². The summed E-state index contributed by atoms with van der Waals surface area (Å²) in [7, 11) is 0. The van der Waals surface area contributed by atoms with Crippen LogP contribution < -0.4 is 11.1 Å². The summed E-state index contributed by atoms with van der Waals surface area (Å²) < 4.78 is 18.1. The number of pyridine rings is 1. The fourth-order valence-electron chi connectivity index (χ4n) is 2.40. The minimum atomic E-state index is -0.483. The van der Waals surface area contributed by atoms with Crippen LogP contribution in [0.25, 0.3) is 0 Å². The molecule has 146 valence electrons. The van der Waals surface area contributed by atoms with Crippen molar-refractivity contribution in [1.29, 1.82) is 5.26 Å². The SMILES string of the molecule is C=C(CC)Nc1ccc(C#N)cn1.NC(=O)COC1(c2ccc(F)cc2)CC1. The number of nitrogens with zero attached hydrogens (tertiary/aromatic N) is 2. The lowest BCUT2D eigenvalue weighted by Crippen LogP contribution is -2.23. The average Bonchev–Trinajstić information content (AvgIpc) is 3.49. The molecule has 3 rings (SSSR count). The van der Waals surface area contributed by atoms with E-state index in [1.165, 1.54) is 18.3 Å². The fraction of sp³-hybridized carbons (Fsp3) is 0.286. The van der Waals surface area contributed by atoms with Gasteiger partial charge in [0.1, 0.15) is 24.3 Å². The van der Waals surface area contributed by atoms with Crippen molar-refractivity contribution in [2.75, 3.05) is 11.9 Å². The second-order valence-electron chi connectivity index (χ2n) is 6.38. The van der Waals surface area contributed by atoms with E-state index in [1.54, 1.807) is 24.3 Å². The number of nitrogens with two attached hydrogens (primary N) is 1. The first-order valence-corrected chi connectivity index (χ1v) is 8.88. The van der Waals surface area contributed by atoms with E-state index in [-0.39, 0.29) is 12.4 Å². The number of rotatable bonds is 7. The number of amides is 1. The van der Waals surface area contributed by atoms with Crippen molar-refractivity contribution in [1.82, 2.24) is 4.98 Å². The molecule has 1 aliphatic rings. The van der Waals surface area contributed by atoms with E-state index in [4.69, 9.17) is 15.7 Å². The molecule has 3 N–H and O–H groups in total. The minimum absolute atomic E-state index is 0.0859. The van der Waals surface area contributed by atoms with E-state index in [0.29, 0.717) is 5.56 Å². The number of hydrogen-bond acceptors (Lipinski definition) is 5. The molecule has 1 amide bonds. The number of nitriles is 1. The monoisotopic (exact) mass is 382 g/mol. The maximum absolute atomic E-state index is 12.7. The molecule has 1 fully saturated rings. The number of hydrogen-bond donors (Lipinski definition) is 2. The summed E-state index contributed by atoms with van der Waals surface area (Å²) in [5.41, 5.74) is 6.99. The quantitative estimate of drug-likeness (QED) is 0.762. The van der Waals surface area contributed by atoms with Gasteiger partial charge in [0.2, 0.25) is 5.91 Å². The molecule has 1 heterocycles. The van der Waals surface area contributed by atoms with Gasteiger partial charge in [-0.15, -0.1) is 0 Å². The molecule has 0 atom stereocenters. The maximum atomic E-state index is 12.7. The Morgan fingerprint density at radius 1 is 1.36 bits per heavy atom. The normalized spacial score (nSPS) is 13.5. The number of aromatic nitrogens is 1.